The number of hydrogen-bond donors (Lipinski definition) is 0. The summed E-state index contributed by atoms with van der Waals surface area (Å²) in [6, 6.07) is 21.2. The van der Waals surface area contributed by atoms with Crippen LogP contribution in [0.1, 0.15) is 109 Å². The van der Waals surface area contributed by atoms with E-state index >= 15 is 0 Å². The van der Waals surface area contributed by atoms with E-state index in [-0.39, 0.29) is 12.1 Å². The van der Waals surface area contributed by atoms with Crippen LogP contribution in [0, 0.1) is 17.8 Å². The highest BCUT2D eigenvalue weighted by Gasteiger charge is 2.26. The van der Waals surface area contributed by atoms with Gasteiger partial charge in [-0.2, -0.15) is 0 Å². The predicted octanol–water partition coefficient (Wildman–Crippen LogP) is 9.98. The molecule has 0 amide bonds. The molecule has 4 rings (SSSR count). The van der Waals surface area contributed by atoms with E-state index in [4.69, 9.17) is 14.2 Å². The maximum atomic E-state index is 11.8. The molecule has 2 atom stereocenters. The van der Waals surface area contributed by atoms with Crippen molar-refractivity contribution >= 4 is 22.9 Å². The van der Waals surface area contributed by atoms with Gasteiger partial charge in [-0.25, -0.2) is 4.79 Å². The number of aryl methyl sites for hydroxylation is 1. The lowest BCUT2D eigenvalue weighted by atomic mass is 9.88. The molecule has 3 aromatic rings. The standard InChI is InChI=1S/C38H46O4S/c1-5-7-9-14-35(42-27-28-15-23-33(40-3)24-16-28)29-17-19-32(20-18-29)37-30(11-8-6-2)21-22-31(37)12-10-13-34-25-26-36(43-34)38(39)41-4/h15-20,23-26,31,35H,5-7,9-10,12-14,21-22,27H2,1-4H3. The lowest BCUT2D eigenvalue weighted by molar-refractivity contribution is 0.0322. The van der Waals surface area contributed by atoms with Crippen molar-refractivity contribution in [3.05, 3.63) is 92.7 Å². The van der Waals surface area contributed by atoms with Crippen LogP contribution in [0.2, 0.25) is 0 Å². The normalized spacial score (nSPS) is 15.2. The zero-order valence-corrected chi connectivity index (χ0v) is 27.1. The summed E-state index contributed by atoms with van der Waals surface area (Å²) in [6.45, 7) is 4.94. The third-order valence-electron chi connectivity index (χ3n) is 8.19. The molecule has 1 aliphatic carbocycles. The molecule has 228 valence electrons. The number of carbonyl (C=O) groups excluding carboxylic acids is 1. The first kappa shape index (κ1) is 32.6. The number of methoxy groups -OCH3 is 2. The highest BCUT2D eigenvalue weighted by molar-refractivity contribution is 7.13. The molecule has 43 heavy (non-hydrogen) atoms. The molecular formula is C38H46O4S. The molecule has 1 aromatic heterocycles. The number of hydrogen-bond acceptors (Lipinski definition) is 5. The van der Waals surface area contributed by atoms with Gasteiger partial charge in [-0.3, -0.25) is 0 Å². The molecular weight excluding hydrogens is 552 g/mol. The van der Waals surface area contributed by atoms with E-state index < -0.39 is 0 Å². The van der Waals surface area contributed by atoms with E-state index in [1.54, 1.807) is 18.4 Å². The summed E-state index contributed by atoms with van der Waals surface area (Å²) in [4.78, 5) is 13.8. The first-order chi connectivity index (χ1) is 21.1. The summed E-state index contributed by atoms with van der Waals surface area (Å²) in [5.41, 5.74) is 6.41. The zero-order valence-electron chi connectivity index (χ0n) is 26.2. The van der Waals surface area contributed by atoms with Gasteiger partial charge in [0, 0.05) is 16.9 Å². The van der Waals surface area contributed by atoms with Gasteiger partial charge in [0.1, 0.15) is 10.6 Å². The molecule has 0 aliphatic heterocycles. The number of allylic oxidation sites excluding steroid dienone is 2. The van der Waals surface area contributed by atoms with Crippen molar-refractivity contribution in [2.75, 3.05) is 14.2 Å². The average Bonchev–Trinajstić information content (AvgIpc) is 3.69. The predicted molar refractivity (Wildman–Crippen MR) is 177 cm³/mol. The van der Waals surface area contributed by atoms with Crippen LogP contribution in [0.5, 0.6) is 5.75 Å². The maximum absolute atomic E-state index is 11.8. The summed E-state index contributed by atoms with van der Waals surface area (Å²) in [5.74, 6) is 7.95. The van der Waals surface area contributed by atoms with Gasteiger partial charge >= 0.3 is 5.97 Å². The molecule has 0 saturated heterocycles. The summed E-state index contributed by atoms with van der Waals surface area (Å²) in [5, 5.41) is 0. The van der Waals surface area contributed by atoms with E-state index in [9.17, 15) is 4.79 Å². The Morgan fingerprint density at radius 1 is 0.977 bits per heavy atom. The second-order valence-electron chi connectivity index (χ2n) is 11.2. The van der Waals surface area contributed by atoms with Gasteiger partial charge in [-0.1, -0.05) is 81.3 Å². The van der Waals surface area contributed by atoms with Crippen LogP contribution in [0.25, 0.3) is 5.57 Å². The Morgan fingerprint density at radius 3 is 2.47 bits per heavy atom. The van der Waals surface area contributed by atoms with Crippen molar-refractivity contribution in [2.24, 2.45) is 5.92 Å². The Morgan fingerprint density at radius 2 is 1.77 bits per heavy atom. The largest absolute Gasteiger partial charge is 0.497 e. The number of unbranched alkanes of at least 4 members (excludes halogenated alkanes) is 2. The fraction of sp³-hybridized carbons (Fsp3) is 0.447. The SMILES string of the molecule is CCC#CC1=C(c2ccc(C(CCCCC)OCc3ccc(OC)cc3)cc2)C(CCCc2ccc(C(=O)OC)s2)CC1. The summed E-state index contributed by atoms with van der Waals surface area (Å²) in [7, 11) is 3.12. The van der Waals surface area contributed by atoms with E-state index in [0.717, 1.165) is 62.7 Å². The third kappa shape index (κ3) is 9.33. The topological polar surface area (TPSA) is 44.8 Å². The number of rotatable bonds is 15. The number of esters is 1. The quantitative estimate of drug-likeness (QED) is 0.0992. The minimum atomic E-state index is -0.251. The van der Waals surface area contributed by atoms with Crippen molar-refractivity contribution in [1.82, 2.24) is 0 Å². The van der Waals surface area contributed by atoms with Gasteiger partial charge in [0.15, 0.2) is 0 Å². The van der Waals surface area contributed by atoms with E-state index in [1.165, 1.54) is 47.1 Å². The number of thiophene rings is 1. The van der Waals surface area contributed by atoms with Crippen LogP contribution in [0.3, 0.4) is 0 Å². The molecule has 5 heteroatoms. The number of carbonyl (C=O) groups is 1. The van der Waals surface area contributed by atoms with Crippen LogP contribution in [0.4, 0.5) is 0 Å². The maximum Gasteiger partial charge on any atom is 0.348 e. The molecule has 4 nitrogen and oxygen atoms in total. The minimum Gasteiger partial charge on any atom is -0.497 e. The Bertz CT molecular complexity index is 1390. The summed E-state index contributed by atoms with van der Waals surface area (Å²) < 4.78 is 16.7. The molecule has 0 saturated carbocycles. The molecule has 1 aliphatic rings. The fourth-order valence-electron chi connectivity index (χ4n) is 5.83. The Kier molecular flexibility index (Phi) is 12.9. The Hall–Kier alpha value is -3.33. The van der Waals surface area contributed by atoms with Crippen LogP contribution in [-0.2, 0) is 22.5 Å². The fourth-order valence-corrected chi connectivity index (χ4v) is 6.80. The second-order valence-corrected chi connectivity index (χ2v) is 12.4. The molecule has 2 unspecified atom stereocenters. The Labute approximate surface area is 262 Å². The molecule has 0 N–H and O–H groups in total. The van der Waals surface area contributed by atoms with Gasteiger partial charge in [-0.15, -0.1) is 11.3 Å². The van der Waals surface area contributed by atoms with Crippen LogP contribution < -0.4 is 4.74 Å². The smallest absolute Gasteiger partial charge is 0.348 e. The van der Waals surface area contributed by atoms with Gasteiger partial charge in [-0.05, 0) is 91.0 Å². The van der Waals surface area contributed by atoms with Crippen LogP contribution in [-0.4, -0.2) is 20.2 Å². The van der Waals surface area contributed by atoms with Gasteiger partial charge in [0.25, 0.3) is 0 Å². The highest BCUT2D eigenvalue weighted by Crippen LogP contribution is 2.42. The van der Waals surface area contributed by atoms with E-state index in [2.05, 4.69) is 68.2 Å². The van der Waals surface area contributed by atoms with Crippen molar-refractivity contribution in [1.29, 1.82) is 0 Å². The molecule has 0 spiro atoms. The van der Waals surface area contributed by atoms with Crippen molar-refractivity contribution in [3.63, 3.8) is 0 Å². The number of benzene rings is 2. The zero-order chi connectivity index (χ0) is 30.4. The molecule has 0 fully saturated rings. The molecule has 0 bridgehead atoms. The second kappa shape index (κ2) is 17.1. The molecule has 0 radical (unpaired) electrons. The van der Waals surface area contributed by atoms with E-state index in [0.29, 0.717) is 17.4 Å². The average molecular weight is 599 g/mol. The lowest BCUT2D eigenvalue weighted by Crippen LogP contribution is -2.06. The highest BCUT2D eigenvalue weighted by atomic mass is 32.1. The van der Waals surface area contributed by atoms with Gasteiger partial charge in [0.05, 0.1) is 26.9 Å². The van der Waals surface area contributed by atoms with Gasteiger partial charge in [0.2, 0.25) is 0 Å². The molecule has 1 heterocycles. The minimum absolute atomic E-state index is 0.0658. The number of ether oxygens (including phenoxy) is 3. The van der Waals surface area contributed by atoms with Crippen LogP contribution >= 0.6 is 11.3 Å². The summed E-state index contributed by atoms with van der Waals surface area (Å²) in [6.07, 6.45) is 10.9. The monoisotopic (exact) mass is 598 g/mol. The van der Waals surface area contributed by atoms with Crippen LogP contribution in [0.15, 0.2) is 66.2 Å². The van der Waals surface area contributed by atoms with Crippen molar-refractivity contribution < 1.29 is 19.0 Å². The molecule has 2 aromatic carbocycles. The van der Waals surface area contributed by atoms with Crippen molar-refractivity contribution in [2.45, 2.75) is 90.8 Å². The first-order valence-electron chi connectivity index (χ1n) is 15.8. The first-order valence-corrected chi connectivity index (χ1v) is 16.6. The summed E-state index contributed by atoms with van der Waals surface area (Å²) >= 11 is 1.55. The lowest BCUT2D eigenvalue weighted by Gasteiger charge is -2.20. The van der Waals surface area contributed by atoms with Gasteiger partial charge < -0.3 is 14.2 Å². The van der Waals surface area contributed by atoms with Crippen molar-refractivity contribution in [3.8, 4) is 17.6 Å². The Balaban J connectivity index is 1.46. The third-order valence-corrected chi connectivity index (χ3v) is 9.31. The van der Waals surface area contributed by atoms with E-state index in [1.807, 2.05) is 18.2 Å².